The fourth-order valence-electron chi connectivity index (χ4n) is 4.76. The number of aromatic hydroxyl groups is 1. The second kappa shape index (κ2) is 14.8. The molecule has 0 radical (unpaired) electrons. The Kier molecular flexibility index (Phi) is 10.7. The third kappa shape index (κ3) is 7.81. The van der Waals surface area contributed by atoms with Gasteiger partial charge in [0.05, 0.1) is 52.2 Å². The molecule has 1 aliphatic rings. The first kappa shape index (κ1) is 34.9. The van der Waals surface area contributed by atoms with Crippen LogP contribution in [0, 0.1) is 11.3 Å². The number of nitrogens with zero attached hydrogens (tertiary/aromatic N) is 6. The summed E-state index contributed by atoms with van der Waals surface area (Å²) in [6.45, 7) is 3.86. The SMILES string of the molecule is CCC(=O)Nc1cc(N=Nc2c(C#N)cnn2-c2cc(Cl)c(CNc3ccc(N4CCOCC4)c(S(N)(=O)=O)c3)cc2Cl)cc(Cl)c1O. The highest BCUT2D eigenvalue weighted by Crippen LogP contribution is 2.38. The van der Waals surface area contributed by atoms with Gasteiger partial charge in [0.2, 0.25) is 15.9 Å². The van der Waals surface area contributed by atoms with E-state index < -0.39 is 10.0 Å². The lowest BCUT2D eigenvalue weighted by molar-refractivity contribution is -0.115. The molecule has 14 nitrogen and oxygen atoms in total. The van der Waals surface area contributed by atoms with Crippen molar-refractivity contribution < 1.29 is 23.1 Å². The molecule has 3 aromatic carbocycles. The van der Waals surface area contributed by atoms with Crippen LogP contribution in [-0.4, -0.2) is 55.5 Å². The van der Waals surface area contributed by atoms with E-state index in [1.807, 2.05) is 11.0 Å². The molecule has 1 saturated heterocycles. The van der Waals surface area contributed by atoms with Crippen LogP contribution in [0.3, 0.4) is 0 Å². The molecule has 1 fully saturated rings. The van der Waals surface area contributed by atoms with E-state index in [-0.39, 0.29) is 67.3 Å². The molecule has 1 aromatic heterocycles. The standard InChI is InChI=1S/C30H28Cl3N9O5S/c1-2-28(43)38-24-11-20(10-23(33)29(24)44)39-40-30-18(14-34)16-37-42(30)26-13-21(31)17(9-22(26)32)15-36-19-3-4-25(27(12-19)48(35,45)46)41-5-7-47-8-6-41/h3-4,9-13,16,36,44H,2,5-8,15H2,1H3,(H,38,43)(H2,35,45,46). The van der Waals surface area contributed by atoms with Gasteiger partial charge < -0.3 is 25.4 Å². The van der Waals surface area contributed by atoms with E-state index in [2.05, 4.69) is 26.0 Å². The molecule has 48 heavy (non-hydrogen) atoms. The number of ether oxygens (including phenoxy) is 1. The molecule has 1 aliphatic heterocycles. The Morgan fingerprint density at radius 3 is 2.52 bits per heavy atom. The van der Waals surface area contributed by atoms with E-state index in [9.17, 15) is 23.6 Å². The monoisotopic (exact) mass is 731 g/mol. The number of amides is 1. The number of halogens is 3. The number of aromatic nitrogens is 2. The van der Waals surface area contributed by atoms with Crippen LogP contribution < -0.4 is 20.7 Å². The average molecular weight is 733 g/mol. The highest BCUT2D eigenvalue weighted by atomic mass is 35.5. The van der Waals surface area contributed by atoms with Gasteiger partial charge in [0.1, 0.15) is 16.5 Å². The van der Waals surface area contributed by atoms with E-state index in [4.69, 9.17) is 44.7 Å². The van der Waals surface area contributed by atoms with Crippen LogP contribution in [0.2, 0.25) is 15.1 Å². The number of hydrogen-bond donors (Lipinski definition) is 4. The number of phenols is 1. The summed E-state index contributed by atoms with van der Waals surface area (Å²) in [5.74, 6) is -0.646. The number of nitriles is 1. The topological polar surface area (TPSA) is 200 Å². The molecule has 18 heteroatoms. The van der Waals surface area contributed by atoms with Crippen LogP contribution in [0.4, 0.5) is 28.6 Å². The molecule has 0 bridgehead atoms. The molecule has 0 atom stereocenters. The van der Waals surface area contributed by atoms with Crippen LogP contribution in [0.15, 0.2) is 63.8 Å². The first-order valence-electron chi connectivity index (χ1n) is 14.3. The maximum atomic E-state index is 12.4. The van der Waals surface area contributed by atoms with Gasteiger partial charge in [-0.1, -0.05) is 41.7 Å². The van der Waals surface area contributed by atoms with Crippen molar-refractivity contribution >= 4 is 79.3 Å². The molecule has 4 aromatic rings. The predicted octanol–water partition coefficient (Wildman–Crippen LogP) is 6.27. The maximum Gasteiger partial charge on any atom is 0.240 e. The van der Waals surface area contributed by atoms with Crippen LogP contribution in [-0.2, 0) is 26.1 Å². The Morgan fingerprint density at radius 2 is 1.83 bits per heavy atom. The number of nitrogens with one attached hydrogen (secondary N) is 2. The minimum absolute atomic E-state index is 0.0148. The number of phenolic OH excluding ortho intramolecular Hbond substituents is 1. The van der Waals surface area contributed by atoms with Crippen LogP contribution in [0.25, 0.3) is 5.69 Å². The average Bonchev–Trinajstić information content (AvgIpc) is 3.48. The van der Waals surface area contributed by atoms with Gasteiger partial charge in [-0.25, -0.2) is 18.2 Å². The molecule has 5 N–H and O–H groups in total. The number of rotatable bonds is 10. The minimum Gasteiger partial charge on any atom is -0.504 e. The van der Waals surface area contributed by atoms with E-state index >= 15 is 0 Å². The molecule has 250 valence electrons. The van der Waals surface area contributed by atoms with Crippen molar-refractivity contribution in [3.05, 3.63) is 74.9 Å². The van der Waals surface area contributed by atoms with Crippen LogP contribution in [0.5, 0.6) is 5.75 Å². The largest absolute Gasteiger partial charge is 0.504 e. The van der Waals surface area contributed by atoms with Gasteiger partial charge in [-0.3, -0.25) is 4.79 Å². The number of nitrogens with two attached hydrogens (primary N) is 1. The van der Waals surface area contributed by atoms with Crippen LogP contribution in [0.1, 0.15) is 24.5 Å². The fourth-order valence-corrected chi connectivity index (χ4v) is 6.25. The number of carbonyl (C=O) groups excluding carboxylic acids is 1. The zero-order valence-electron chi connectivity index (χ0n) is 25.2. The lowest BCUT2D eigenvalue weighted by Gasteiger charge is -2.30. The highest BCUT2D eigenvalue weighted by Gasteiger charge is 2.22. The van der Waals surface area contributed by atoms with Gasteiger partial charge in [0, 0.05) is 36.8 Å². The Labute approximate surface area is 290 Å². The summed E-state index contributed by atoms with van der Waals surface area (Å²) >= 11 is 19.5. The number of sulfonamides is 1. The number of primary sulfonamides is 1. The number of morpholine rings is 1. The van der Waals surface area contributed by atoms with Crippen molar-refractivity contribution in [2.24, 2.45) is 15.4 Å². The number of benzene rings is 3. The smallest absolute Gasteiger partial charge is 0.240 e. The van der Waals surface area contributed by atoms with Crippen molar-refractivity contribution in [3.8, 4) is 17.5 Å². The fraction of sp³-hybridized carbons (Fsp3) is 0.233. The first-order chi connectivity index (χ1) is 22.9. The van der Waals surface area contributed by atoms with E-state index in [0.29, 0.717) is 48.9 Å². The lowest BCUT2D eigenvalue weighted by Crippen LogP contribution is -2.37. The zero-order valence-corrected chi connectivity index (χ0v) is 28.3. The van der Waals surface area contributed by atoms with Crippen molar-refractivity contribution in [1.82, 2.24) is 9.78 Å². The predicted molar refractivity (Wildman–Crippen MR) is 183 cm³/mol. The third-order valence-corrected chi connectivity index (χ3v) is 9.10. The van der Waals surface area contributed by atoms with Gasteiger partial charge in [-0.15, -0.1) is 10.2 Å². The van der Waals surface area contributed by atoms with Crippen molar-refractivity contribution in [3.63, 3.8) is 0 Å². The number of hydrogen-bond acceptors (Lipinski definition) is 11. The van der Waals surface area contributed by atoms with Gasteiger partial charge in [0.25, 0.3) is 0 Å². The van der Waals surface area contributed by atoms with Crippen LogP contribution >= 0.6 is 34.8 Å². The maximum absolute atomic E-state index is 12.4. The summed E-state index contributed by atoms with van der Waals surface area (Å²) < 4.78 is 31.6. The zero-order chi connectivity index (χ0) is 34.6. The molecular formula is C30H28Cl3N9O5S. The van der Waals surface area contributed by atoms with Gasteiger partial charge >= 0.3 is 0 Å². The molecule has 0 saturated carbocycles. The summed E-state index contributed by atoms with van der Waals surface area (Å²) in [6, 6.07) is 12.8. The van der Waals surface area contributed by atoms with Gasteiger partial charge in [0.15, 0.2) is 11.6 Å². The number of azo groups is 1. The normalized spacial score (nSPS) is 13.5. The highest BCUT2D eigenvalue weighted by molar-refractivity contribution is 7.89. The third-order valence-electron chi connectivity index (χ3n) is 7.21. The molecular weight excluding hydrogens is 705 g/mol. The summed E-state index contributed by atoms with van der Waals surface area (Å²) in [6.07, 6.45) is 1.46. The minimum atomic E-state index is -4.03. The molecule has 2 heterocycles. The van der Waals surface area contributed by atoms with Gasteiger partial charge in [-0.05, 0) is 48.0 Å². The molecule has 0 spiro atoms. The molecule has 0 unspecified atom stereocenters. The summed E-state index contributed by atoms with van der Waals surface area (Å²) in [7, 11) is -4.03. The molecule has 5 rings (SSSR count). The number of carbonyl (C=O) groups is 1. The second-order valence-corrected chi connectivity index (χ2v) is 13.2. The molecule has 0 aliphatic carbocycles. The van der Waals surface area contributed by atoms with Crippen molar-refractivity contribution in [2.75, 3.05) is 41.8 Å². The Hall–Kier alpha value is -4.43. The Morgan fingerprint density at radius 1 is 1.08 bits per heavy atom. The van der Waals surface area contributed by atoms with Crippen molar-refractivity contribution in [1.29, 1.82) is 5.26 Å². The van der Waals surface area contributed by atoms with E-state index in [1.54, 1.807) is 31.2 Å². The Bertz CT molecular complexity index is 2060. The Balaban J connectivity index is 1.40. The lowest BCUT2D eigenvalue weighted by atomic mass is 10.2. The molecule has 1 amide bonds. The quantitative estimate of drug-likeness (QED) is 0.107. The van der Waals surface area contributed by atoms with E-state index in [0.717, 1.165) is 0 Å². The van der Waals surface area contributed by atoms with E-state index in [1.165, 1.54) is 29.1 Å². The first-order valence-corrected chi connectivity index (χ1v) is 17.0. The summed E-state index contributed by atoms with van der Waals surface area (Å²) in [4.78, 5) is 13.8. The second-order valence-electron chi connectivity index (χ2n) is 10.4. The summed E-state index contributed by atoms with van der Waals surface area (Å²) in [5.41, 5.74) is 2.17. The van der Waals surface area contributed by atoms with Crippen molar-refractivity contribution in [2.45, 2.75) is 24.8 Å². The van der Waals surface area contributed by atoms with Gasteiger partial charge in [-0.2, -0.15) is 10.4 Å². The summed E-state index contributed by atoms with van der Waals surface area (Å²) in [5, 5.41) is 44.2. The number of anilines is 3.